The number of anilines is 2. The van der Waals surface area contributed by atoms with Crippen molar-refractivity contribution in [3.63, 3.8) is 0 Å². The molecule has 0 aliphatic carbocycles. The molecule has 0 atom stereocenters. The number of para-hydroxylation sites is 1. The number of hydrogen-bond acceptors (Lipinski definition) is 4. The molecule has 0 bridgehead atoms. The molecule has 0 saturated carbocycles. The number of amides is 3. The minimum atomic E-state index is -0.0968. The van der Waals surface area contributed by atoms with E-state index in [-0.39, 0.29) is 36.6 Å². The van der Waals surface area contributed by atoms with E-state index in [1.54, 1.807) is 12.1 Å². The van der Waals surface area contributed by atoms with E-state index in [1.807, 2.05) is 34.1 Å². The number of rotatable bonds is 5. The molecule has 2 aliphatic rings. The molecule has 1 fully saturated rings. The van der Waals surface area contributed by atoms with Crippen molar-refractivity contribution in [1.82, 2.24) is 9.80 Å². The average molecular weight is 578 g/mol. The van der Waals surface area contributed by atoms with Gasteiger partial charge in [-0.2, -0.15) is 0 Å². The first-order valence-electron chi connectivity index (χ1n) is 11.0. The lowest BCUT2D eigenvalue weighted by Gasteiger charge is -2.38. The molecule has 2 heterocycles. The van der Waals surface area contributed by atoms with Crippen LogP contribution in [0.4, 0.5) is 16.2 Å². The quantitative estimate of drug-likeness (QED) is 0.393. The Hall–Kier alpha value is -2.39. The summed E-state index contributed by atoms with van der Waals surface area (Å²) in [6.07, 6.45) is 2.60. The molecule has 4 rings (SSSR count). The predicted octanol–water partition coefficient (Wildman–Crippen LogP) is 4.84. The van der Waals surface area contributed by atoms with Crippen LogP contribution >= 0.6 is 31.9 Å². The SMILES string of the molecule is Nc1c(Br)cc(C(=O)CCC(=O)N2CCC(N3CCc4ccccc4NC3=O)CC2)cc1Br. The van der Waals surface area contributed by atoms with Crippen molar-refractivity contribution in [3.8, 4) is 0 Å². The normalized spacial score (nSPS) is 16.7. The second-order valence-electron chi connectivity index (χ2n) is 8.42. The lowest BCUT2D eigenvalue weighted by atomic mass is 10.0. The minimum absolute atomic E-state index is 0.0249. The molecule has 9 heteroatoms. The van der Waals surface area contributed by atoms with Gasteiger partial charge in [0.05, 0.1) is 5.69 Å². The van der Waals surface area contributed by atoms with E-state index in [2.05, 4.69) is 37.2 Å². The van der Waals surface area contributed by atoms with Crippen LogP contribution in [-0.4, -0.2) is 53.2 Å². The summed E-state index contributed by atoms with van der Waals surface area (Å²) in [6, 6.07) is 11.3. The van der Waals surface area contributed by atoms with Crippen molar-refractivity contribution < 1.29 is 14.4 Å². The average Bonchev–Trinajstić information content (AvgIpc) is 2.98. The number of Topliss-reactive ketones (excluding diaryl/α,β-unsaturated/α-hetero) is 1. The van der Waals surface area contributed by atoms with Crippen LogP contribution in [-0.2, 0) is 11.2 Å². The fourth-order valence-electron chi connectivity index (χ4n) is 4.43. The fourth-order valence-corrected chi connectivity index (χ4v) is 5.62. The summed E-state index contributed by atoms with van der Waals surface area (Å²) in [6.45, 7) is 1.85. The topological polar surface area (TPSA) is 95.7 Å². The first-order chi connectivity index (χ1) is 15.8. The summed E-state index contributed by atoms with van der Waals surface area (Å²) < 4.78 is 1.29. The van der Waals surface area contributed by atoms with Crippen molar-refractivity contribution in [2.45, 2.75) is 38.1 Å². The summed E-state index contributed by atoms with van der Waals surface area (Å²) in [5.74, 6) is -0.122. The summed E-state index contributed by atoms with van der Waals surface area (Å²) in [5.41, 5.74) is 8.95. The van der Waals surface area contributed by atoms with Crippen LogP contribution in [0, 0.1) is 0 Å². The Balaban J connectivity index is 1.28. The van der Waals surface area contributed by atoms with Crippen LogP contribution in [0.1, 0.15) is 41.6 Å². The van der Waals surface area contributed by atoms with Gasteiger partial charge >= 0.3 is 6.03 Å². The Bertz CT molecular complexity index is 1060. The molecular formula is C24H26Br2N4O3. The van der Waals surface area contributed by atoms with Gasteiger partial charge in [0.15, 0.2) is 5.78 Å². The van der Waals surface area contributed by atoms with Crippen LogP contribution in [0.5, 0.6) is 0 Å². The van der Waals surface area contributed by atoms with Gasteiger partial charge in [-0.1, -0.05) is 18.2 Å². The highest BCUT2D eigenvalue weighted by molar-refractivity contribution is 9.11. The zero-order valence-corrected chi connectivity index (χ0v) is 21.3. The maximum absolute atomic E-state index is 12.8. The molecule has 7 nitrogen and oxygen atoms in total. The maximum Gasteiger partial charge on any atom is 0.322 e. The molecule has 0 spiro atoms. The van der Waals surface area contributed by atoms with Gasteiger partial charge in [-0.3, -0.25) is 9.59 Å². The number of fused-ring (bicyclic) bond motifs is 1. The number of piperidine rings is 1. The molecule has 1 saturated heterocycles. The van der Waals surface area contributed by atoms with Gasteiger partial charge in [-0.15, -0.1) is 0 Å². The van der Waals surface area contributed by atoms with Crippen molar-refractivity contribution in [1.29, 1.82) is 0 Å². The van der Waals surface area contributed by atoms with E-state index in [9.17, 15) is 14.4 Å². The number of nitrogens with two attached hydrogens (primary N) is 1. The number of nitrogen functional groups attached to an aromatic ring is 1. The van der Waals surface area contributed by atoms with Gasteiger partial charge in [0, 0.05) is 58.7 Å². The summed E-state index contributed by atoms with van der Waals surface area (Å²) in [5, 5.41) is 3.02. The summed E-state index contributed by atoms with van der Waals surface area (Å²) >= 11 is 6.70. The van der Waals surface area contributed by atoms with Crippen LogP contribution in [0.3, 0.4) is 0 Å². The molecular weight excluding hydrogens is 552 g/mol. The summed E-state index contributed by atoms with van der Waals surface area (Å²) in [4.78, 5) is 41.7. The van der Waals surface area contributed by atoms with Crippen molar-refractivity contribution in [2.24, 2.45) is 0 Å². The van der Waals surface area contributed by atoms with Gasteiger partial charge < -0.3 is 20.9 Å². The first-order valence-corrected chi connectivity index (χ1v) is 12.6. The number of likely N-dealkylation sites (tertiary alicyclic amines) is 1. The fraction of sp³-hybridized carbons (Fsp3) is 0.375. The largest absolute Gasteiger partial charge is 0.397 e. The maximum atomic E-state index is 12.8. The van der Waals surface area contributed by atoms with Crippen LogP contribution < -0.4 is 11.1 Å². The number of carbonyl (C=O) groups excluding carboxylic acids is 3. The van der Waals surface area contributed by atoms with Crippen LogP contribution in [0.25, 0.3) is 0 Å². The van der Waals surface area contributed by atoms with E-state index in [1.165, 1.54) is 0 Å². The number of ketones is 1. The number of nitrogens with one attached hydrogen (secondary N) is 1. The molecule has 0 unspecified atom stereocenters. The highest BCUT2D eigenvalue weighted by atomic mass is 79.9. The molecule has 33 heavy (non-hydrogen) atoms. The number of hydrogen-bond donors (Lipinski definition) is 2. The van der Waals surface area contributed by atoms with Gasteiger partial charge in [0.1, 0.15) is 0 Å². The third kappa shape index (κ3) is 5.41. The van der Waals surface area contributed by atoms with Gasteiger partial charge in [0.25, 0.3) is 0 Å². The third-order valence-electron chi connectivity index (χ3n) is 6.37. The lowest BCUT2D eigenvalue weighted by molar-refractivity contribution is -0.132. The van der Waals surface area contributed by atoms with E-state index < -0.39 is 0 Å². The molecule has 0 aromatic heterocycles. The lowest BCUT2D eigenvalue weighted by Crippen LogP contribution is -2.50. The number of benzene rings is 2. The molecule has 3 N–H and O–H groups in total. The van der Waals surface area contributed by atoms with Crippen molar-refractivity contribution in [3.05, 3.63) is 56.5 Å². The van der Waals surface area contributed by atoms with E-state index in [4.69, 9.17) is 5.73 Å². The van der Waals surface area contributed by atoms with Gasteiger partial charge in [-0.25, -0.2) is 4.79 Å². The molecule has 3 amide bonds. The van der Waals surface area contributed by atoms with E-state index in [0.29, 0.717) is 39.8 Å². The monoisotopic (exact) mass is 576 g/mol. The molecule has 2 aromatic carbocycles. The number of carbonyl (C=O) groups is 3. The standard InChI is InChI=1S/C24H26Br2N4O3/c25-18-13-16(14-19(26)23(18)27)21(31)5-6-22(32)29-10-8-17(9-11-29)30-12-7-15-3-1-2-4-20(15)28-24(30)33/h1-4,13-14,17H,5-12,27H2,(H,28,33). The second-order valence-corrected chi connectivity index (χ2v) is 10.1. The second kappa shape index (κ2) is 10.3. The number of nitrogens with zero attached hydrogens (tertiary/aromatic N) is 2. The Morgan fingerprint density at radius 3 is 2.39 bits per heavy atom. The third-order valence-corrected chi connectivity index (χ3v) is 7.68. The van der Waals surface area contributed by atoms with Crippen molar-refractivity contribution in [2.75, 3.05) is 30.7 Å². The highest BCUT2D eigenvalue weighted by Gasteiger charge is 2.31. The zero-order chi connectivity index (χ0) is 23.5. The number of urea groups is 1. The Labute approximate surface area is 209 Å². The van der Waals surface area contributed by atoms with Gasteiger partial charge in [-0.05, 0) is 74.9 Å². The highest BCUT2D eigenvalue weighted by Crippen LogP contribution is 2.30. The predicted molar refractivity (Wildman–Crippen MR) is 135 cm³/mol. The minimum Gasteiger partial charge on any atom is -0.397 e. The first kappa shape index (κ1) is 23.8. The van der Waals surface area contributed by atoms with E-state index in [0.717, 1.165) is 30.5 Å². The zero-order valence-electron chi connectivity index (χ0n) is 18.2. The smallest absolute Gasteiger partial charge is 0.322 e. The summed E-state index contributed by atoms with van der Waals surface area (Å²) in [7, 11) is 0. The Kier molecular flexibility index (Phi) is 7.38. The Morgan fingerprint density at radius 1 is 1.03 bits per heavy atom. The van der Waals surface area contributed by atoms with Crippen molar-refractivity contribution >= 4 is 61.0 Å². The molecule has 2 aromatic rings. The van der Waals surface area contributed by atoms with Crippen LogP contribution in [0.15, 0.2) is 45.3 Å². The Morgan fingerprint density at radius 2 is 1.70 bits per heavy atom. The molecule has 0 radical (unpaired) electrons. The molecule has 174 valence electrons. The number of halogens is 2. The van der Waals surface area contributed by atoms with Gasteiger partial charge in [0.2, 0.25) is 5.91 Å². The molecule has 2 aliphatic heterocycles. The van der Waals surface area contributed by atoms with E-state index >= 15 is 0 Å². The van der Waals surface area contributed by atoms with Crippen LogP contribution in [0.2, 0.25) is 0 Å².